The Morgan fingerprint density at radius 1 is 1.44 bits per heavy atom. The van der Waals surface area contributed by atoms with Crippen LogP contribution in [-0.2, 0) is 9.63 Å². The van der Waals surface area contributed by atoms with Gasteiger partial charge in [-0.25, -0.2) is 10.5 Å². The molecule has 0 spiro atoms. The third kappa shape index (κ3) is 5.08. The van der Waals surface area contributed by atoms with E-state index in [9.17, 15) is 20.0 Å². The molecule has 1 aromatic heterocycles. The van der Waals surface area contributed by atoms with Gasteiger partial charge in [0.1, 0.15) is 24.1 Å². The summed E-state index contributed by atoms with van der Waals surface area (Å²) >= 11 is 0. The van der Waals surface area contributed by atoms with Crippen LogP contribution in [0.3, 0.4) is 0 Å². The average molecular weight is 466 g/mol. The number of aromatic nitrogens is 2. The predicted molar refractivity (Wildman–Crippen MR) is 120 cm³/mol. The summed E-state index contributed by atoms with van der Waals surface area (Å²) in [5.74, 6) is -0.941. The van der Waals surface area contributed by atoms with Crippen LogP contribution >= 0.6 is 0 Å². The Balaban J connectivity index is 1.62. The Labute approximate surface area is 196 Å². The Morgan fingerprint density at radius 3 is 2.88 bits per heavy atom. The number of carbonyl (C=O) groups is 2. The van der Waals surface area contributed by atoms with Crippen molar-refractivity contribution in [3.8, 4) is 23.3 Å². The van der Waals surface area contributed by atoms with Gasteiger partial charge in [0.15, 0.2) is 5.82 Å². The van der Waals surface area contributed by atoms with Gasteiger partial charge in [-0.05, 0) is 38.3 Å². The molecule has 5 N–H and O–H groups in total. The molecule has 4 rings (SSSR count). The number of nitrogens with zero attached hydrogens (tertiary/aromatic N) is 3. The third-order valence-corrected chi connectivity index (χ3v) is 6.14. The second-order valence-corrected chi connectivity index (χ2v) is 8.69. The summed E-state index contributed by atoms with van der Waals surface area (Å²) in [6, 6.07) is 8.70. The predicted octanol–water partition coefficient (Wildman–Crippen LogP) is 1.08. The van der Waals surface area contributed by atoms with E-state index in [4.69, 9.17) is 15.3 Å². The second kappa shape index (κ2) is 9.62. The normalized spacial score (nSPS) is 19.4. The number of hydrogen-bond acceptors (Lipinski definition) is 9. The van der Waals surface area contributed by atoms with Crippen LogP contribution in [0.1, 0.15) is 48.5 Å². The molecule has 1 aliphatic carbocycles. The number of anilines is 1. The molecule has 2 atom stereocenters. The molecule has 2 heterocycles. The minimum atomic E-state index is -0.944. The number of carbonyl (C=O) groups excluding carboxylic acids is 2. The lowest BCUT2D eigenvalue weighted by Crippen LogP contribution is -2.44. The van der Waals surface area contributed by atoms with Gasteiger partial charge in [-0.1, -0.05) is 12.1 Å². The molecule has 2 aliphatic rings. The Hall–Kier alpha value is -3.75. The smallest absolute Gasteiger partial charge is 0.284 e. The van der Waals surface area contributed by atoms with Gasteiger partial charge in [0, 0.05) is 24.4 Å². The molecule has 0 unspecified atom stereocenters. The van der Waals surface area contributed by atoms with Crippen LogP contribution < -0.4 is 21.3 Å². The van der Waals surface area contributed by atoms with Crippen LogP contribution in [0.15, 0.2) is 24.3 Å². The summed E-state index contributed by atoms with van der Waals surface area (Å²) in [6.07, 6.45) is 1.93. The molecule has 178 valence electrons. The van der Waals surface area contributed by atoms with E-state index in [1.807, 2.05) is 0 Å². The van der Waals surface area contributed by atoms with Crippen molar-refractivity contribution in [3.05, 3.63) is 35.4 Å². The van der Waals surface area contributed by atoms with E-state index in [0.717, 1.165) is 6.42 Å². The van der Waals surface area contributed by atoms with E-state index >= 15 is 0 Å². The van der Waals surface area contributed by atoms with Crippen LogP contribution in [0.25, 0.3) is 11.4 Å². The molecule has 1 saturated heterocycles. The van der Waals surface area contributed by atoms with Gasteiger partial charge in [0.05, 0.1) is 17.2 Å². The maximum atomic E-state index is 12.9. The maximum absolute atomic E-state index is 12.9. The van der Waals surface area contributed by atoms with Crippen molar-refractivity contribution in [2.75, 3.05) is 18.9 Å². The zero-order valence-electron chi connectivity index (χ0n) is 18.7. The fraction of sp³-hybridized carbons (Fsp3) is 0.435. The van der Waals surface area contributed by atoms with Crippen molar-refractivity contribution in [1.29, 1.82) is 5.26 Å². The van der Waals surface area contributed by atoms with E-state index in [0.29, 0.717) is 36.9 Å². The maximum Gasteiger partial charge on any atom is 0.284 e. The van der Waals surface area contributed by atoms with E-state index in [1.165, 1.54) is 0 Å². The lowest BCUT2D eigenvalue weighted by molar-refractivity contribution is -0.119. The molecule has 1 saturated carbocycles. The standard InChI is InChI=1S/C23H26N6O5/c1-13(16-9-17(30)26-11-16)34-22-18(21(31)29-33-12-23(32)6-3-7-23)19(25)27-20(28-22)15-5-2-4-14(8-15)10-24/h2,4-5,8,13,16,32H,3,6-7,9,11-12H2,1H3,(H,26,30)(H,29,31)(H2,25,27,28)/t13-,16-/m0/s1. The van der Waals surface area contributed by atoms with E-state index in [2.05, 4.69) is 26.8 Å². The van der Waals surface area contributed by atoms with Crippen molar-refractivity contribution in [2.24, 2.45) is 5.92 Å². The van der Waals surface area contributed by atoms with Gasteiger partial charge in [0.25, 0.3) is 5.91 Å². The van der Waals surface area contributed by atoms with Crippen LogP contribution in [0.4, 0.5) is 5.82 Å². The summed E-state index contributed by atoms with van der Waals surface area (Å²) in [6.45, 7) is 2.17. The van der Waals surface area contributed by atoms with E-state index < -0.39 is 17.6 Å². The fourth-order valence-corrected chi connectivity index (χ4v) is 3.86. The molecule has 11 nitrogen and oxygen atoms in total. The van der Waals surface area contributed by atoms with Crippen LogP contribution in [0.2, 0.25) is 0 Å². The Morgan fingerprint density at radius 2 is 2.24 bits per heavy atom. The first kappa shape index (κ1) is 23.4. The Kier molecular flexibility index (Phi) is 6.63. The third-order valence-electron chi connectivity index (χ3n) is 6.14. The van der Waals surface area contributed by atoms with Gasteiger partial charge in [-0.2, -0.15) is 10.2 Å². The molecule has 0 bridgehead atoms. The van der Waals surface area contributed by atoms with E-state index in [1.54, 1.807) is 31.2 Å². The van der Waals surface area contributed by atoms with Gasteiger partial charge in [-0.15, -0.1) is 0 Å². The van der Waals surface area contributed by atoms with Crippen LogP contribution in [-0.4, -0.2) is 51.7 Å². The van der Waals surface area contributed by atoms with Gasteiger partial charge in [-0.3, -0.25) is 14.4 Å². The SMILES string of the molecule is C[C@H](Oc1nc(-c2cccc(C#N)c2)nc(N)c1C(=O)NOCC1(O)CCC1)[C@@H]1CNC(=O)C1. The minimum Gasteiger partial charge on any atom is -0.474 e. The number of nitrogens with one attached hydrogen (secondary N) is 2. The highest BCUT2D eigenvalue weighted by Gasteiger charge is 2.35. The molecule has 1 aromatic carbocycles. The van der Waals surface area contributed by atoms with Crippen molar-refractivity contribution >= 4 is 17.6 Å². The van der Waals surface area contributed by atoms with E-state index in [-0.39, 0.29) is 41.5 Å². The van der Waals surface area contributed by atoms with Gasteiger partial charge in [0.2, 0.25) is 11.8 Å². The molecule has 2 fully saturated rings. The summed E-state index contributed by atoms with van der Waals surface area (Å²) in [4.78, 5) is 38.4. The molecule has 0 radical (unpaired) electrons. The highest BCUT2D eigenvalue weighted by Crippen LogP contribution is 2.32. The lowest BCUT2D eigenvalue weighted by atomic mass is 9.81. The summed E-state index contributed by atoms with van der Waals surface area (Å²) in [7, 11) is 0. The Bertz CT molecular complexity index is 1140. The first-order valence-corrected chi connectivity index (χ1v) is 11.0. The number of nitrogen functional groups attached to an aromatic ring is 1. The number of nitrogens with two attached hydrogens (primary N) is 1. The number of nitriles is 1. The number of rotatable bonds is 8. The number of hydroxylamine groups is 1. The quantitative estimate of drug-likeness (QED) is 0.415. The average Bonchev–Trinajstić information content (AvgIpc) is 3.24. The van der Waals surface area contributed by atoms with Crippen LogP contribution in [0, 0.1) is 17.2 Å². The molecule has 2 amide bonds. The zero-order valence-corrected chi connectivity index (χ0v) is 18.7. The number of hydrogen-bond donors (Lipinski definition) is 4. The molecule has 2 aromatic rings. The lowest BCUT2D eigenvalue weighted by Gasteiger charge is -2.35. The molecule has 34 heavy (non-hydrogen) atoms. The summed E-state index contributed by atoms with van der Waals surface area (Å²) in [5.41, 5.74) is 8.30. The van der Waals surface area contributed by atoms with Gasteiger partial charge >= 0.3 is 0 Å². The first-order valence-electron chi connectivity index (χ1n) is 11.0. The number of amides is 2. The summed E-state index contributed by atoms with van der Waals surface area (Å²) < 4.78 is 6.02. The van der Waals surface area contributed by atoms with Crippen LogP contribution in [0.5, 0.6) is 5.88 Å². The molecular formula is C23H26N6O5. The number of aliphatic hydroxyl groups is 1. The second-order valence-electron chi connectivity index (χ2n) is 8.69. The largest absolute Gasteiger partial charge is 0.474 e. The number of benzene rings is 1. The highest BCUT2D eigenvalue weighted by molar-refractivity contribution is 6.00. The monoisotopic (exact) mass is 466 g/mol. The molecule has 11 heteroatoms. The van der Waals surface area contributed by atoms with Gasteiger partial charge < -0.3 is 20.9 Å². The van der Waals surface area contributed by atoms with Crippen molar-refractivity contribution in [3.63, 3.8) is 0 Å². The topological polar surface area (TPSA) is 172 Å². The zero-order chi connectivity index (χ0) is 24.3. The molecular weight excluding hydrogens is 440 g/mol. The fourth-order valence-electron chi connectivity index (χ4n) is 3.86. The minimum absolute atomic E-state index is 0.0546. The van der Waals surface area contributed by atoms with Crippen molar-refractivity contribution in [1.82, 2.24) is 20.8 Å². The molecule has 1 aliphatic heterocycles. The highest BCUT2D eigenvalue weighted by atomic mass is 16.7. The first-order chi connectivity index (χ1) is 16.3. The number of ether oxygens (including phenoxy) is 1. The van der Waals surface area contributed by atoms with Crippen molar-refractivity contribution < 1.29 is 24.3 Å². The summed E-state index contributed by atoms with van der Waals surface area (Å²) in [5, 5.41) is 22.1. The van der Waals surface area contributed by atoms with Crippen molar-refractivity contribution in [2.45, 2.75) is 44.3 Å².